The number of aliphatic hydroxyl groups is 1. The summed E-state index contributed by atoms with van der Waals surface area (Å²) in [6.07, 6.45) is -1.81. The van der Waals surface area contributed by atoms with Crippen LogP contribution in [0, 0.1) is 11.8 Å². The third kappa shape index (κ3) is 13.7. The predicted octanol–water partition coefficient (Wildman–Crippen LogP) is -2.79. The van der Waals surface area contributed by atoms with E-state index in [1.165, 1.54) is 14.0 Å². The number of carboxylic acid groups (broad SMARTS) is 1. The van der Waals surface area contributed by atoms with E-state index in [1.807, 2.05) is 0 Å². The van der Waals surface area contributed by atoms with Crippen molar-refractivity contribution < 1.29 is 43.8 Å². The van der Waals surface area contributed by atoms with E-state index in [9.17, 15) is 43.8 Å². The van der Waals surface area contributed by atoms with Gasteiger partial charge in [-0.1, -0.05) is 34.1 Å². The molecule has 16 heteroatoms. The highest BCUT2D eigenvalue weighted by atomic mass is 16.4. The molecule has 11 N–H and O–H groups in total. The zero-order valence-electron chi connectivity index (χ0n) is 25.1. The van der Waals surface area contributed by atoms with Crippen LogP contribution in [-0.2, 0) is 33.6 Å². The Hall–Kier alpha value is -3.79. The Bertz CT molecular complexity index is 974. The van der Waals surface area contributed by atoms with E-state index in [1.54, 1.807) is 27.7 Å². The normalized spacial score (nSPS) is 16.1. The number of carbonyl (C=O) groups excluding carboxylic acids is 6. The third-order valence-corrected chi connectivity index (χ3v) is 6.56. The van der Waals surface area contributed by atoms with E-state index in [4.69, 9.17) is 11.5 Å². The quantitative estimate of drug-likeness (QED) is 0.0692. The minimum absolute atomic E-state index is 0.0711. The second-order valence-electron chi connectivity index (χ2n) is 10.7. The summed E-state index contributed by atoms with van der Waals surface area (Å²) in [6, 6.07) is -6.48. The summed E-state index contributed by atoms with van der Waals surface area (Å²) in [5.41, 5.74) is 10.4. The maximum Gasteiger partial charge on any atom is 0.326 e. The summed E-state index contributed by atoms with van der Waals surface area (Å²) in [6.45, 7) is 8.16. The average molecular weight is 602 g/mol. The number of carbonyl (C=O) groups is 7. The number of primary amides is 2. The van der Waals surface area contributed by atoms with Crippen LogP contribution in [0.5, 0.6) is 0 Å². The van der Waals surface area contributed by atoms with Crippen LogP contribution in [0.1, 0.15) is 66.7 Å². The van der Waals surface area contributed by atoms with Crippen molar-refractivity contribution >= 4 is 41.4 Å². The first-order valence-electron chi connectivity index (χ1n) is 13.8. The first-order chi connectivity index (χ1) is 19.4. The van der Waals surface area contributed by atoms with Gasteiger partial charge in [-0.25, -0.2) is 4.79 Å². The number of aliphatic hydroxyl groups excluding tert-OH is 1. The van der Waals surface area contributed by atoms with Crippen LogP contribution in [0.2, 0.25) is 0 Å². The van der Waals surface area contributed by atoms with Crippen LogP contribution in [0.15, 0.2) is 0 Å². The van der Waals surface area contributed by atoms with Crippen LogP contribution in [0.4, 0.5) is 0 Å². The number of nitrogens with one attached hydrogen (secondary N) is 5. The molecule has 0 aromatic heterocycles. The molecule has 0 aromatic rings. The molecule has 0 rings (SSSR count). The minimum atomic E-state index is -1.55. The molecular formula is C26H47N7O9. The Kier molecular flexibility index (Phi) is 16.9. The highest BCUT2D eigenvalue weighted by Gasteiger charge is 2.35. The maximum absolute atomic E-state index is 13.3. The van der Waals surface area contributed by atoms with Crippen molar-refractivity contribution in [2.75, 3.05) is 7.05 Å². The molecule has 0 unspecified atom stereocenters. The van der Waals surface area contributed by atoms with Gasteiger partial charge in [0.2, 0.25) is 35.4 Å². The van der Waals surface area contributed by atoms with E-state index in [-0.39, 0.29) is 31.6 Å². The Balaban J connectivity index is 5.96. The fourth-order valence-electron chi connectivity index (χ4n) is 3.91. The molecule has 6 amide bonds. The Morgan fingerprint density at radius 1 is 0.714 bits per heavy atom. The molecule has 0 fully saturated rings. The van der Waals surface area contributed by atoms with Crippen LogP contribution >= 0.6 is 0 Å². The van der Waals surface area contributed by atoms with Gasteiger partial charge in [-0.3, -0.25) is 28.8 Å². The first-order valence-corrected chi connectivity index (χ1v) is 13.8. The van der Waals surface area contributed by atoms with Crippen LogP contribution in [0.25, 0.3) is 0 Å². The number of likely N-dealkylation sites (N-methyl/N-ethyl adjacent to an activating group) is 1. The molecule has 0 aliphatic rings. The van der Waals surface area contributed by atoms with Crippen LogP contribution < -0.4 is 38.1 Å². The monoisotopic (exact) mass is 601 g/mol. The zero-order valence-corrected chi connectivity index (χ0v) is 25.1. The number of nitrogens with two attached hydrogens (primary N) is 2. The summed E-state index contributed by atoms with van der Waals surface area (Å²) in [5.74, 6) is -6.76. The van der Waals surface area contributed by atoms with Gasteiger partial charge in [0.1, 0.15) is 24.2 Å². The number of aliphatic carboxylic acids is 1. The lowest BCUT2D eigenvalue weighted by molar-refractivity contribution is -0.143. The third-order valence-electron chi connectivity index (χ3n) is 6.56. The van der Waals surface area contributed by atoms with Gasteiger partial charge in [0.15, 0.2) is 0 Å². The highest BCUT2D eigenvalue weighted by molar-refractivity contribution is 5.96. The number of amides is 6. The van der Waals surface area contributed by atoms with Gasteiger partial charge in [0.25, 0.3) is 0 Å². The van der Waals surface area contributed by atoms with Crippen molar-refractivity contribution in [1.82, 2.24) is 26.6 Å². The number of hydrogen-bond donors (Lipinski definition) is 9. The summed E-state index contributed by atoms with van der Waals surface area (Å²) in [7, 11) is 1.41. The molecule has 0 aliphatic carbocycles. The molecule has 0 aliphatic heterocycles. The zero-order chi connectivity index (χ0) is 32.7. The molecule has 0 saturated heterocycles. The Morgan fingerprint density at radius 3 is 1.64 bits per heavy atom. The van der Waals surface area contributed by atoms with Crippen molar-refractivity contribution in [2.24, 2.45) is 23.3 Å². The van der Waals surface area contributed by atoms with Crippen molar-refractivity contribution in [2.45, 2.75) is 103 Å². The summed E-state index contributed by atoms with van der Waals surface area (Å²) in [4.78, 5) is 86.5. The second kappa shape index (κ2) is 18.6. The van der Waals surface area contributed by atoms with Crippen molar-refractivity contribution in [1.29, 1.82) is 0 Å². The molecule has 0 spiro atoms. The van der Waals surface area contributed by atoms with Gasteiger partial charge in [-0.15, -0.1) is 0 Å². The summed E-state index contributed by atoms with van der Waals surface area (Å²) in [5, 5.41) is 32.0. The smallest absolute Gasteiger partial charge is 0.326 e. The fraction of sp³-hybridized carbons (Fsp3) is 0.731. The van der Waals surface area contributed by atoms with E-state index in [0.717, 1.165) is 0 Å². The molecule has 0 radical (unpaired) electrons. The van der Waals surface area contributed by atoms with Gasteiger partial charge >= 0.3 is 5.97 Å². The van der Waals surface area contributed by atoms with Gasteiger partial charge in [-0.05, 0) is 38.6 Å². The Labute approximate surface area is 245 Å². The second-order valence-corrected chi connectivity index (χ2v) is 10.7. The van der Waals surface area contributed by atoms with E-state index >= 15 is 0 Å². The molecule has 0 saturated carbocycles. The number of carboxylic acids is 1. The fourth-order valence-corrected chi connectivity index (χ4v) is 3.91. The van der Waals surface area contributed by atoms with E-state index in [2.05, 4.69) is 26.6 Å². The largest absolute Gasteiger partial charge is 0.480 e. The van der Waals surface area contributed by atoms with Crippen molar-refractivity contribution in [3.05, 3.63) is 0 Å². The van der Waals surface area contributed by atoms with E-state index < -0.39 is 83.6 Å². The molecule has 0 bridgehead atoms. The van der Waals surface area contributed by atoms with Crippen LogP contribution in [-0.4, -0.2) is 95.0 Å². The first kappa shape index (κ1) is 38.2. The molecule has 0 aromatic carbocycles. The van der Waals surface area contributed by atoms with Gasteiger partial charge in [-0.2, -0.15) is 0 Å². The molecule has 42 heavy (non-hydrogen) atoms. The molecule has 0 heterocycles. The lowest BCUT2D eigenvalue weighted by atomic mass is 9.96. The van der Waals surface area contributed by atoms with E-state index in [0.29, 0.717) is 6.42 Å². The van der Waals surface area contributed by atoms with Gasteiger partial charge < -0.3 is 48.3 Å². The SMILES string of the molecule is CC[C@H](C)[C@H](NC(=O)[C@H](CCC(N)=O)NC(=O)[C@H](CC(N)=O)NC)C(=O)N[C@H](C(=O)N[C@@H](CC(C)C)C(=O)O)[C@@H](C)O. The molecule has 240 valence electrons. The standard InChI is InChI=1S/C26H47N7O9/c1-7-13(4)20(24(39)33-21(14(5)34)25(40)31-17(26(41)42)10-12(2)3)32-22(37)15(8-9-18(27)35)30-23(38)16(29-6)11-19(28)36/h12-17,20-21,29,34H,7-11H2,1-6H3,(H2,27,35)(H2,28,36)(H,30,38)(H,31,40)(H,32,37)(H,33,39)(H,41,42)/t13-,14+,15-,16-,17-,20-,21-/m0/s1. The van der Waals surface area contributed by atoms with Crippen molar-refractivity contribution in [3.63, 3.8) is 0 Å². The lowest BCUT2D eigenvalue weighted by Gasteiger charge is -2.30. The molecular weight excluding hydrogens is 554 g/mol. The number of rotatable bonds is 20. The predicted molar refractivity (Wildman–Crippen MR) is 151 cm³/mol. The minimum Gasteiger partial charge on any atom is -0.480 e. The lowest BCUT2D eigenvalue weighted by Crippen LogP contribution is -2.61. The highest BCUT2D eigenvalue weighted by Crippen LogP contribution is 2.11. The number of hydrogen-bond acceptors (Lipinski definition) is 9. The maximum atomic E-state index is 13.3. The summed E-state index contributed by atoms with van der Waals surface area (Å²) < 4.78 is 0. The summed E-state index contributed by atoms with van der Waals surface area (Å²) >= 11 is 0. The van der Waals surface area contributed by atoms with Crippen LogP contribution in [0.3, 0.4) is 0 Å². The topological polar surface area (TPSA) is 272 Å². The van der Waals surface area contributed by atoms with Gasteiger partial charge in [0.05, 0.1) is 18.6 Å². The van der Waals surface area contributed by atoms with Crippen molar-refractivity contribution in [3.8, 4) is 0 Å². The molecule has 16 nitrogen and oxygen atoms in total. The van der Waals surface area contributed by atoms with Gasteiger partial charge in [0, 0.05) is 6.42 Å². The molecule has 7 atom stereocenters. The average Bonchev–Trinajstić information content (AvgIpc) is 2.88. The Morgan fingerprint density at radius 2 is 1.21 bits per heavy atom.